The van der Waals surface area contributed by atoms with Gasteiger partial charge in [0.25, 0.3) is 0 Å². The third kappa shape index (κ3) is 3.06. The van der Waals surface area contributed by atoms with Crippen molar-refractivity contribution in [1.82, 2.24) is 0 Å². The topological polar surface area (TPSA) is 72.5 Å². The molecule has 0 saturated carbocycles. The summed E-state index contributed by atoms with van der Waals surface area (Å²) in [5.74, 6) is -0.398. The van der Waals surface area contributed by atoms with E-state index in [1.807, 2.05) is 18.2 Å². The molecule has 3 N–H and O–H groups in total. The number of aromatic carboxylic acids is 1. The van der Waals surface area contributed by atoms with Crippen molar-refractivity contribution in [1.29, 1.82) is 0 Å². The summed E-state index contributed by atoms with van der Waals surface area (Å²) in [5.41, 5.74) is 6.55. The van der Waals surface area contributed by atoms with Crippen LogP contribution in [0.4, 0.5) is 5.69 Å². The average molecular weight is 322 g/mol. The third-order valence-corrected chi connectivity index (χ3v) is 3.27. The SMILES string of the molecule is Nc1cccc(COc2ccccc2Br)c1C(=O)O. The van der Waals surface area contributed by atoms with E-state index in [9.17, 15) is 4.79 Å². The molecule has 0 fully saturated rings. The first-order chi connectivity index (χ1) is 9.09. The lowest BCUT2D eigenvalue weighted by atomic mass is 10.1. The van der Waals surface area contributed by atoms with Crippen LogP contribution in [0.1, 0.15) is 15.9 Å². The molecule has 4 nitrogen and oxygen atoms in total. The van der Waals surface area contributed by atoms with Gasteiger partial charge in [-0.3, -0.25) is 0 Å². The van der Waals surface area contributed by atoms with Crippen LogP contribution in [0, 0.1) is 0 Å². The minimum Gasteiger partial charge on any atom is -0.488 e. The quantitative estimate of drug-likeness (QED) is 0.847. The molecule has 0 atom stereocenters. The Bertz CT molecular complexity index is 613. The number of ether oxygens (including phenoxy) is 1. The van der Waals surface area contributed by atoms with E-state index < -0.39 is 5.97 Å². The molecule has 0 aliphatic carbocycles. The van der Waals surface area contributed by atoms with Crippen molar-refractivity contribution in [3.63, 3.8) is 0 Å². The van der Waals surface area contributed by atoms with Crippen LogP contribution >= 0.6 is 15.9 Å². The molecule has 98 valence electrons. The van der Waals surface area contributed by atoms with Crippen molar-refractivity contribution >= 4 is 27.6 Å². The Morgan fingerprint density at radius 3 is 2.63 bits per heavy atom. The van der Waals surface area contributed by atoms with Crippen LogP contribution in [-0.4, -0.2) is 11.1 Å². The zero-order chi connectivity index (χ0) is 13.8. The van der Waals surface area contributed by atoms with E-state index in [1.165, 1.54) is 0 Å². The monoisotopic (exact) mass is 321 g/mol. The van der Waals surface area contributed by atoms with Crippen molar-refractivity contribution in [3.8, 4) is 5.75 Å². The van der Waals surface area contributed by atoms with Crippen LogP contribution in [0.15, 0.2) is 46.9 Å². The molecule has 0 bridgehead atoms. The maximum absolute atomic E-state index is 11.2. The summed E-state index contributed by atoms with van der Waals surface area (Å²) in [5, 5.41) is 9.15. The van der Waals surface area contributed by atoms with Gasteiger partial charge in [-0.15, -0.1) is 0 Å². The second kappa shape index (κ2) is 5.75. The fourth-order valence-electron chi connectivity index (χ4n) is 1.72. The molecule has 0 unspecified atom stereocenters. The maximum atomic E-state index is 11.2. The van der Waals surface area contributed by atoms with Gasteiger partial charge in [-0.2, -0.15) is 0 Å². The predicted molar refractivity (Wildman–Crippen MR) is 76.3 cm³/mol. The van der Waals surface area contributed by atoms with Gasteiger partial charge < -0.3 is 15.6 Å². The highest BCUT2D eigenvalue weighted by atomic mass is 79.9. The molecular weight excluding hydrogens is 310 g/mol. The summed E-state index contributed by atoms with van der Waals surface area (Å²) in [7, 11) is 0. The molecule has 2 rings (SSSR count). The zero-order valence-corrected chi connectivity index (χ0v) is 11.6. The summed E-state index contributed by atoms with van der Waals surface area (Å²) in [4.78, 5) is 11.2. The molecule has 5 heteroatoms. The van der Waals surface area contributed by atoms with E-state index in [0.29, 0.717) is 11.3 Å². The van der Waals surface area contributed by atoms with E-state index in [4.69, 9.17) is 15.6 Å². The molecule has 0 spiro atoms. The number of nitrogen functional groups attached to an aromatic ring is 1. The largest absolute Gasteiger partial charge is 0.488 e. The van der Waals surface area contributed by atoms with Gasteiger partial charge in [0.1, 0.15) is 12.4 Å². The van der Waals surface area contributed by atoms with Gasteiger partial charge in [0.15, 0.2) is 0 Å². The van der Waals surface area contributed by atoms with Gasteiger partial charge in [-0.1, -0.05) is 24.3 Å². The molecule has 0 radical (unpaired) electrons. The standard InChI is InChI=1S/C14H12BrNO3/c15-10-5-1-2-7-12(10)19-8-9-4-3-6-11(16)13(9)14(17)18/h1-7H,8,16H2,(H,17,18). The molecule has 0 amide bonds. The van der Waals surface area contributed by atoms with Gasteiger partial charge >= 0.3 is 5.97 Å². The fraction of sp³-hybridized carbons (Fsp3) is 0.0714. The molecule has 19 heavy (non-hydrogen) atoms. The van der Waals surface area contributed by atoms with Crippen molar-refractivity contribution < 1.29 is 14.6 Å². The summed E-state index contributed by atoms with van der Waals surface area (Å²) < 4.78 is 6.42. The van der Waals surface area contributed by atoms with Crippen LogP contribution in [0.25, 0.3) is 0 Å². The normalized spacial score (nSPS) is 10.2. The van der Waals surface area contributed by atoms with Gasteiger partial charge in [-0.05, 0) is 34.1 Å². The van der Waals surface area contributed by atoms with Gasteiger partial charge in [-0.25, -0.2) is 4.79 Å². The predicted octanol–water partition coefficient (Wildman–Crippen LogP) is 3.31. The number of carboxylic acids is 1. The Hall–Kier alpha value is -2.01. The van der Waals surface area contributed by atoms with Crippen molar-refractivity contribution in [2.24, 2.45) is 0 Å². The highest BCUT2D eigenvalue weighted by Crippen LogP contribution is 2.26. The summed E-state index contributed by atoms with van der Waals surface area (Å²) in [6.45, 7) is 0.148. The number of benzene rings is 2. The summed E-state index contributed by atoms with van der Waals surface area (Å²) >= 11 is 3.37. The highest BCUT2D eigenvalue weighted by molar-refractivity contribution is 9.10. The molecule has 0 heterocycles. The van der Waals surface area contributed by atoms with E-state index in [1.54, 1.807) is 24.3 Å². The fourth-order valence-corrected chi connectivity index (χ4v) is 2.12. The van der Waals surface area contributed by atoms with E-state index in [2.05, 4.69) is 15.9 Å². The van der Waals surface area contributed by atoms with Crippen molar-refractivity contribution in [2.75, 3.05) is 5.73 Å². The number of nitrogens with two attached hydrogens (primary N) is 1. The van der Waals surface area contributed by atoms with Gasteiger partial charge in [0, 0.05) is 11.3 Å². The first kappa shape index (κ1) is 13.4. The average Bonchev–Trinajstić information content (AvgIpc) is 2.37. The van der Waals surface area contributed by atoms with Gasteiger partial charge in [0.05, 0.1) is 10.0 Å². The third-order valence-electron chi connectivity index (χ3n) is 2.62. The number of halogens is 1. The highest BCUT2D eigenvalue weighted by Gasteiger charge is 2.14. The Labute approximate surface area is 118 Å². The first-order valence-electron chi connectivity index (χ1n) is 5.57. The van der Waals surface area contributed by atoms with Crippen LogP contribution in [0.2, 0.25) is 0 Å². The smallest absolute Gasteiger partial charge is 0.338 e. The lowest BCUT2D eigenvalue weighted by Crippen LogP contribution is -2.09. The number of carboxylic acid groups (broad SMARTS) is 1. The minimum atomic E-state index is -1.05. The Morgan fingerprint density at radius 1 is 1.21 bits per heavy atom. The lowest BCUT2D eigenvalue weighted by Gasteiger charge is -2.11. The Morgan fingerprint density at radius 2 is 1.95 bits per heavy atom. The molecule has 2 aromatic carbocycles. The van der Waals surface area contributed by atoms with E-state index in [-0.39, 0.29) is 17.9 Å². The van der Waals surface area contributed by atoms with Crippen molar-refractivity contribution in [3.05, 3.63) is 58.1 Å². The van der Waals surface area contributed by atoms with Crippen LogP contribution in [0.5, 0.6) is 5.75 Å². The minimum absolute atomic E-state index is 0.0922. The molecule has 0 aliphatic heterocycles. The maximum Gasteiger partial charge on any atom is 0.338 e. The van der Waals surface area contributed by atoms with Gasteiger partial charge in [0.2, 0.25) is 0 Å². The first-order valence-corrected chi connectivity index (χ1v) is 6.37. The second-order valence-electron chi connectivity index (χ2n) is 3.91. The molecule has 2 aromatic rings. The van der Waals surface area contributed by atoms with Crippen LogP contribution < -0.4 is 10.5 Å². The molecular formula is C14H12BrNO3. The lowest BCUT2D eigenvalue weighted by molar-refractivity contribution is 0.0695. The number of hydrogen-bond donors (Lipinski definition) is 2. The molecule has 0 saturated heterocycles. The number of anilines is 1. The second-order valence-corrected chi connectivity index (χ2v) is 4.76. The zero-order valence-electron chi connectivity index (χ0n) is 9.97. The van der Waals surface area contributed by atoms with Crippen molar-refractivity contribution in [2.45, 2.75) is 6.61 Å². The molecule has 0 aromatic heterocycles. The van der Waals surface area contributed by atoms with E-state index >= 15 is 0 Å². The number of para-hydroxylation sites is 1. The number of hydrogen-bond acceptors (Lipinski definition) is 3. The number of rotatable bonds is 4. The Kier molecular flexibility index (Phi) is 4.06. The number of carbonyl (C=O) groups is 1. The summed E-state index contributed by atoms with van der Waals surface area (Å²) in [6.07, 6.45) is 0. The van der Waals surface area contributed by atoms with Crippen LogP contribution in [-0.2, 0) is 6.61 Å². The molecule has 0 aliphatic rings. The van der Waals surface area contributed by atoms with Crippen LogP contribution in [0.3, 0.4) is 0 Å². The summed E-state index contributed by atoms with van der Waals surface area (Å²) in [6, 6.07) is 12.3. The Balaban J connectivity index is 2.23. The van der Waals surface area contributed by atoms with E-state index in [0.717, 1.165) is 4.47 Å².